The van der Waals surface area contributed by atoms with Crippen LogP contribution in [0.4, 0.5) is 0 Å². The summed E-state index contributed by atoms with van der Waals surface area (Å²) >= 11 is 5.97. The Balaban J connectivity index is 2.27. The van der Waals surface area contributed by atoms with Gasteiger partial charge in [-0.3, -0.25) is 4.79 Å². The summed E-state index contributed by atoms with van der Waals surface area (Å²) in [7, 11) is 0. The van der Waals surface area contributed by atoms with Crippen LogP contribution in [0, 0.1) is 5.92 Å². The fourth-order valence-corrected chi connectivity index (χ4v) is 2.28. The van der Waals surface area contributed by atoms with E-state index in [1.165, 1.54) is 13.1 Å². The largest absolute Gasteiger partial charge is 0.480 e. The summed E-state index contributed by atoms with van der Waals surface area (Å²) in [4.78, 5) is 32.0. The molecular formula is C14H18ClN3O3. The van der Waals surface area contributed by atoms with Crippen molar-refractivity contribution in [2.45, 2.75) is 45.1 Å². The van der Waals surface area contributed by atoms with Gasteiger partial charge in [0.25, 0.3) is 5.91 Å². The second kappa shape index (κ2) is 5.60. The van der Waals surface area contributed by atoms with E-state index in [9.17, 15) is 14.7 Å². The zero-order valence-corrected chi connectivity index (χ0v) is 12.9. The number of carboxylic acids is 1. The molecule has 114 valence electrons. The van der Waals surface area contributed by atoms with Crippen molar-refractivity contribution in [3.8, 4) is 0 Å². The van der Waals surface area contributed by atoms with Crippen LogP contribution in [0.2, 0.25) is 5.02 Å². The van der Waals surface area contributed by atoms with Crippen LogP contribution in [0.25, 0.3) is 0 Å². The third-order valence-corrected chi connectivity index (χ3v) is 3.98. The Bertz CT molecular complexity index is 587. The van der Waals surface area contributed by atoms with Crippen LogP contribution >= 0.6 is 11.6 Å². The molecule has 0 aromatic carbocycles. The molecular weight excluding hydrogens is 294 g/mol. The van der Waals surface area contributed by atoms with Crippen molar-refractivity contribution in [2.24, 2.45) is 5.92 Å². The number of carbonyl (C=O) groups is 2. The molecule has 0 saturated heterocycles. The third kappa shape index (κ3) is 3.15. The molecule has 1 atom stereocenters. The molecule has 0 unspecified atom stereocenters. The highest BCUT2D eigenvalue weighted by atomic mass is 35.5. The van der Waals surface area contributed by atoms with E-state index >= 15 is 0 Å². The lowest BCUT2D eigenvalue weighted by molar-refractivity contribution is -0.144. The Kier molecular flexibility index (Phi) is 4.18. The molecule has 2 N–H and O–H groups in total. The van der Waals surface area contributed by atoms with Crippen molar-refractivity contribution in [3.63, 3.8) is 0 Å². The van der Waals surface area contributed by atoms with Crippen molar-refractivity contribution in [1.82, 2.24) is 15.3 Å². The number of carboxylic acid groups (broad SMARTS) is 1. The van der Waals surface area contributed by atoms with Gasteiger partial charge in [0.05, 0.1) is 11.2 Å². The summed E-state index contributed by atoms with van der Waals surface area (Å²) in [5.41, 5.74) is -1.27. The van der Waals surface area contributed by atoms with Gasteiger partial charge in [-0.15, -0.1) is 0 Å². The molecule has 7 heteroatoms. The average Bonchev–Trinajstić information content (AvgIpc) is 3.22. The van der Waals surface area contributed by atoms with Gasteiger partial charge in [-0.1, -0.05) is 25.4 Å². The molecule has 1 saturated carbocycles. The topological polar surface area (TPSA) is 92.2 Å². The molecule has 0 aliphatic heterocycles. The second-order valence-electron chi connectivity index (χ2n) is 5.82. The molecule has 0 bridgehead atoms. The van der Waals surface area contributed by atoms with Gasteiger partial charge in [-0.05, 0) is 25.7 Å². The Morgan fingerprint density at radius 2 is 2.10 bits per heavy atom. The first kappa shape index (κ1) is 15.7. The highest BCUT2D eigenvalue weighted by Gasteiger charge is 2.49. The van der Waals surface area contributed by atoms with E-state index in [-0.39, 0.29) is 22.6 Å². The number of nitrogens with one attached hydrogen (secondary N) is 1. The van der Waals surface area contributed by atoms with Crippen LogP contribution in [0.15, 0.2) is 6.20 Å². The predicted octanol–water partition coefficient (Wildman–Crippen LogP) is 2.24. The van der Waals surface area contributed by atoms with Crippen molar-refractivity contribution in [1.29, 1.82) is 0 Å². The minimum absolute atomic E-state index is 0.0171. The molecule has 21 heavy (non-hydrogen) atoms. The SMILES string of the molecule is CC(C)c1ncc(Cl)c(C(=O)N[C@](C)(C(=O)O)C2CC2)n1. The molecule has 1 aromatic heterocycles. The second-order valence-corrected chi connectivity index (χ2v) is 6.22. The number of aromatic nitrogens is 2. The Hall–Kier alpha value is -1.69. The minimum atomic E-state index is -1.29. The number of hydrogen-bond acceptors (Lipinski definition) is 4. The van der Waals surface area contributed by atoms with Crippen molar-refractivity contribution in [3.05, 3.63) is 22.7 Å². The van der Waals surface area contributed by atoms with Crippen LogP contribution in [-0.4, -0.2) is 32.5 Å². The van der Waals surface area contributed by atoms with Gasteiger partial charge >= 0.3 is 5.97 Å². The summed E-state index contributed by atoms with van der Waals surface area (Å²) < 4.78 is 0. The zero-order valence-electron chi connectivity index (χ0n) is 12.2. The van der Waals surface area contributed by atoms with E-state index in [1.807, 2.05) is 13.8 Å². The van der Waals surface area contributed by atoms with E-state index in [4.69, 9.17) is 11.6 Å². The zero-order chi connectivity index (χ0) is 15.8. The maximum atomic E-state index is 12.3. The Labute approximate surface area is 127 Å². The van der Waals surface area contributed by atoms with Gasteiger partial charge in [0, 0.05) is 5.92 Å². The predicted molar refractivity (Wildman–Crippen MR) is 77.4 cm³/mol. The highest BCUT2D eigenvalue weighted by molar-refractivity contribution is 6.33. The molecule has 1 aliphatic rings. The van der Waals surface area contributed by atoms with Gasteiger partial charge in [0.15, 0.2) is 0 Å². The molecule has 6 nitrogen and oxygen atoms in total. The molecule has 1 aliphatic carbocycles. The number of rotatable bonds is 5. The van der Waals surface area contributed by atoms with Crippen molar-refractivity contribution < 1.29 is 14.7 Å². The quantitative estimate of drug-likeness (QED) is 0.870. The monoisotopic (exact) mass is 311 g/mol. The van der Waals surface area contributed by atoms with Crippen LogP contribution in [0.3, 0.4) is 0 Å². The number of amides is 1. The molecule has 1 heterocycles. The molecule has 2 rings (SSSR count). The summed E-state index contributed by atoms with van der Waals surface area (Å²) in [5, 5.41) is 12.0. The molecule has 1 fully saturated rings. The first-order valence-electron chi connectivity index (χ1n) is 6.84. The first-order valence-corrected chi connectivity index (χ1v) is 7.22. The van der Waals surface area contributed by atoms with Crippen molar-refractivity contribution >= 4 is 23.5 Å². The highest BCUT2D eigenvalue weighted by Crippen LogP contribution is 2.40. The fraction of sp³-hybridized carbons (Fsp3) is 0.571. The normalized spacial score (nSPS) is 17.4. The summed E-state index contributed by atoms with van der Waals surface area (Å²) in [6, 6.07) is 0. The number of halogens is 1. The van der Waals surface area contributed by atoms with Crippen LogP contribution in [0.5, 0.6) is 0 Å². The van der Waals surface area contributed by atoms with E-state index in [0.717, 1.165) is 12.8 Å². The third-order valence-electron chi connectivity index (χ3n) is 3.71. The number of nitrogens with zero attached hydrogens (tertiary/aromatic N) is 2. The fourth-order valence-electron chi connectivity index (χ4n) is 2.10. The lowest BCUT2D eigenvalue weighted by Crippen LogP contribution is -2.54. The minimum Gasteiger partial charge on any atom is -0.480 e. The first-order chi connectivity index (χ1) is 9.75. The molecule has 1 aromatic rings. The summed E-state index contributed by atoms with van der Waals surface area (Å²) in [6.45, 7) is 5.32. The van der Waals surface area contributed by atoms with Crippen LogP contribution < -0.4 is 5.32 Å². The number of aliphatic carboxylic acids is 1. The number of carbonyl (C=O) groups excluding carboxylic acids is 1. The Morgan fingerprint density at radius 1 is 1.48 bits per heavy atom. The van der Waals surface area contributed by atoms with Gasteiger partial charge in [-0.2, -0.15) is 0 Å². The average molecular weight is 312 g/mol. The van der Waals surface area contributed by atoms with Gasteiger partial charge < -0.3 is 10.4 Å². The summed E-state index contributed by atoms with van der Waals surface area (Å²) in [5.74, 6) is -1.14. The van der Waals surface area contributed by atoms with E-state index in [0.29, 0.717) is 5.82 Å². The van der Waals surface area contributed by atoms with Crippen molar-refractivity contribution in [2.75, 3.05) is 0 Å². The summed E-state index contributed by atoms with van der Waals surface area (Å²) in [6.07, 6.45) is 2.95. The molecule has 0 spiro atoms. The smallest absolute Gasteiger partial charge is 0.329 e. The maximum Gasteiger partial charge on any atom is 0.329 e. The lowest BCUT2D eigenvalue weighted by atomic mass is 9.96. The molecule has 1 amide bonds. The number of hydrogen-bond donors (Lipinski definition) is 2. The van der Waals surface area contributed by atoms with Gasteiger partial charge in [0.1, 0.15) is 17.1 Å². The van der Waals surface area contributed by atoms with Gasteiger partial charge in [0.2, 0.25) is 0 Å². The van der Waals surface area contributed by atoms with Gasteiger partial charge in [-0.25, -0.2) is 14.8 Å². The molecule has 0 radical (unpaired) electrons. The van der Waals surface area contributed by atoms with E-state index in [1.54, 1.807) is 0 Å². The lowest BCUT2D eigenvalue weighted by Gasteiger charge is -2.26. The van der Waals surface area contributed by atoms with Crippen LogP contribution in [0.1, 0.15) is 55.8 Å². The van der Waals surface area contributed by atoms with E-state index in [2.05, 4.69) is 15.3 Å². The van der Waals surface area contributed by atoms with E-state index < -0.39 is 17.4 Å². The Morgan fingerprint density at radius 3 is 2.57 bits per heavy atom. The standard InChI is InChI=1S/C14H18ClN3O3/c1-7(2)11-16-6-9(15)10(17-11)12(19)18-14(3,13(20)21)8-4-5-8/h6-8H,4-5H2,1-3H3,(H,18,19)(H,20,21)/t14-/m0/s1. The van der Waals surface area contributed by atoms with Crippen LogP contribution in [-0.2, 0) is 4.79 Å². The maximum absolute atomic E-state index is 12.3.